The molecule has 46 valence electrons. The molecule has 0 aliphatic carbocycles. The lowest BCUT2D eigenvalue weighted by Gasteiger charge is -1.76. The smallest absolute Gasteiger partial charge is 0.208 e. The van der Waals surface area contributed by atoms with E-state index in [0.29, 0.717) is 11.0 Å². The second kappa shape index (κ2) is 2.60. The van der Waals surface area contributed by atoms with Gasteiger partial charge in [-0.25, -0.2) is 4.63 Å². The Morgan fingerprint density at radius 3 is 2.89 bits per heavy atom. The molecule has 1 rings (SSSR count). The van der Waals surface area contributed by atoms with Crippen LogP contribution in [-0.2, 0) is 5.33 Å². The second-order valence-electron chi connectivity index (χ2n) is 1.30. The van der Waals surface area contributed by atoms with E-state index in [1.165, 1.54) is 0 Å². The Morgan fingerprint density at radius 2 is 2.44 bits per heavy atom. The van der Waals surface area contributed by atoms with E-state index in [-0.39, 0.29) is 5.69 Å². The molecule has 0 unspecified atom stereocenters. The molecule has 1 aromatic rings. The van der Waals surface area contributed by atoms with Gasteiger partial charge in [0.15, 0.2) is 0 Å². The summed E-state index contributed by atoms with van der Waals surface area (Å²) in [6.07, 6.45) is 0. The van der Waals surface area contributed by atoms with Crippen LogP contribution >= 0.6 is 15.9 Å². The first-order valence-electron chi connectivity index (χ1n) is 2.16. The molecule has 0 saturated heterocycles. The standard InChI is InChI=1S/C4H2BrN3O/c5-1-3-4(2-6)8-9-7-3/h1H2. The number of rotatable bonds is 1. The number of aromatic nitrogens is 2. The highest BCUT2D eigenvalue weighted by Gasteiger charge is 2.05. The molecule has 4 nitrogen and oxygen atoms in total. The molecular formula is C4H2BrN3O. The lowest BCUT2D eigenvalue weighted by molar-refractivity contribution is 0.303. The summed E-state index contributed by atoms with van der Waals surface area (Å²) >= 11 is 3.11. The molecule has 0 atom stereocenters. The summed E-state index contributed by atoms with van der Waals surface area (Å²) in [7, 11) is 0. The molecule has 0 bridgehead atoms. The second-order valence-corrected chi connectivity index (χ2v) is 1.87. The van der Waals surface area contributed by atoms with E-state index in [4.69, 9.17) is 5.26 Å². The molecule has 9 heavy (non-hydrogen) atoms. The van der Waals surface area contributed by atoms with Crippen LogP contribution in [-0.4, -0.2) is 10.3 Å². The zero-order chi connectivity index (χ0) is 6.69. The van der Waals surface area contributed by atoms with Gasteiger partial charge in [0.25, 0.3) is 0 Å². The fraction of sp³-hybridized carbons (Fsp3) is 0.250. The van der Waals surface area contributed by atoms with Gasteiger partial charge in [0.1, 0.15) is 11.8 Å². The molecule has 0 aliphatic rings. The predicted octanol–water partition coefficient (Wildman–Crippen LogP) is 0.836. The van der Waals surface area contributed by atoms with Gasteiger partial charge >= 0.3 is 0 Å². The van der Waals surface area contributed by atoms with Crippen LogP contribution in [0, 0.1) is 11.3 Å². The van der Waals surface area contributed by atoms with Crippen molar-refractivity contribution in [3.05, 3.63) is 11.4 Å². The van der Waals surface area contributed by atoms with E-state index in [9.17, 15) is 0 Å². The number of hydrogen-bond acceptors (Lipinski definition) is 4. The van der Waals surface area contributed by atoms with Crippen LogP contribution in [0.3, 0.4) is 0 Å². The Morgan fingerprint density at radius 1 is 1.67 bits per heavy atom. The molecular weight excluding hydrogens is 186 g/mol. The van der Waals surface area contributed by atoms with Crippen LogP contribution in [0.15, 0.2) is 4.63 Å². The average molecular weight is 188 g/mol. The van der Waals surface area contributed by atoms with Crippen LogP contribution < -0.4 is 0 Å². The van der Waals surface area contributed by atoms with Crippen molar-refractivity contribution < 1.29 is 4.63 Å². The molecule has 0 aliphatic heterocycles. The van der Waals surface area contributed by atoms with Crippen molar-refractivity contribution in [1.29, 1.82) is 5.26 Å². The minimum Gasteiger partial charge on any atom is -0.243 e. The molecule has 0 spiro atoms. The van der Waals surface area contributed by atoms with Crippen molar-refractivity contribution >= 4 is 15.9 Å². The first-order chi connectivity index (χ1) is 4.38. The van der Waals surface area contributed by atoms with Crippen molar-refractivity contribution in [2.24, 2.45) is 0 Å². The molecule has 0 fully saturated rings. The van der Waals surface area contributed by atoms with Crippen molar-refractivity contribution in [3.8, 4) is 6.07 Å². The third kappa shape index (κ3) is 1.08. The van der Waals surface area contributed by atoms with Crippen LogP contribution in [0.1, 0.15) is 11.4 Å². The summed E-state index contributed by atoms with van der Waals surface area (Å²) in [5.74, 6) is 0. The van der Waals surface area contributed by atoms with E-state index in [0.717, 1.165) is 0 Å². The van der Waals surface area contributed by atoms with Gasteiger partial charge in [-0.1, -0.05) is 21.1 Å². The molecule has 0 saturated carbocycles. The van der Waals surface area contributed by atoms with Crippen LogP contribution in [0.4, 0.5) is 0 Å². The summed E-state index contributed by atoms with van der Waals surface area (Å²) in [6.45, 7) is 0. The van der Waals surface area contributed by atoms with Gasteiger partial charge in [0.2, 0.25) is 5.69 Å². The fourth-order valence-electron chi connectivity index (χ4n) is 0.379. The number of halogens is 1. The summed E-state index contributed by atoms with van der Waals surface area (Å²) in [6, 6.07) is 1.83. The Hall–Kier alpha value is -0.890. The average Bonchev–Trinajstić information content (AvgIpc) is 2.33. The highest BCUT2D eigenvalue weighted by molar-refractivity contribution is 9.08. The van der Waals surface area contributed by atoms with E-state index in [2.05, 4.69) is 30.9 Å². The van der Waals surface area contributed by atoms with Gasteiger partial charge in [-0.05, 0) is 5.16 Å². The van der Waals surface area contributed by atoms with Crippen LogP contribution in [0.2, 0.25) is 0 Å². The van der Waals surface area contributed by atoms with Gasteiger partial charge in [0, 0.05) is 0 Å². The number of nitrogens with zero attached hydrogens (tertiary/aromatic N) is 3. The first-order valence-corrected chi connectivity index (χ1v) is 3.28. The maximum Gasteiger partial charge on any atom is 0.208 e. The summed E-state index contributed by atoms with van der Waals surface area (Å²) in [4.78, 5) is 0. The quantitative estimate of drug-likeness (QED) is 0.612. The molecule has 1 aromatic heterocycles. The summed E-state index contributed by atoms with van der Waals surface area (Å²) in [5, 5.41) is 15.6. The van der Waals surface area contributed by atoms with Gasteiger partial charge in [-0.15, -0.1) is 0 Å². The molecule has 0 aromatic carbocycles. The van der Waals surface area contributed by atoms with Crippen LogP contribution in [0.25, 0.3) is 0 Å². The van der Waals surface area contributed by atoms with Gasteiger partial charge in [0.05, 0.1) is 5.33 Å². The fourth-order valence-corrected chi connectivity index (χ4v) is 0.747. The maximum absolute atomic E-state index is 8.31. The van der Waals surface area contributed by atoms with Gasteiger partial charge < -0.3 is 0 Å². The number of alkyl halides is 1. The third-order valence-corrected chi connectivity index (χ3v) is 1.32. The SMILES string of the molecule is N#Cc1nonc1CBr. The van der Waals surface area contributed by atoms with E-state index >= 15 is 0 Å². The minimum atomic E-state index is 0.242. The molecule has 1 heterocycles. The highest BCUT2D eigenvalue weighted by atomic mass is 79.9. The topological polar surface area (TPSA) is 62.7 Å². The van der Waals surface area contributed by atoms with Crippen molar-refractivity contribution in [1.82, 2.24) is 10.3 Å². The van der Waals surface area contributed by atoms with Crippen molar-refractivity contribution in [3.63, 3.8) is 0 Å². The molecule has 0 N–H and O–H groups in total. The molecule has 0 radical (unpaired) electrons. The molecule has 5 heteroatoms. The Bertz CT molecular complexity index is 238. The Kier molecular flexibility index (Phi) is 1.80. The number of nitriles is 1. The number of hydrogen-bond donors (Lipinski definition) is 0. The van der Waals surface area contributed by atoms with Crippen molar-refractivity contribution in [2.75, 3.05) is 0 Å². The lowest BCUT2D eigenvalue weighted by Crippen LogP contribution is -1.80. The minimum absolute atomic E-state index is 0.242. The third-order valence-electron chi connectivity index (χ3n) is 0.789. The highest BCUT2D eigenvalue weighted by Crippen LogP contribution is 2.04. The zero-order valence-corrected chi connectivity index (χ0v) is 5.92. The van der Waals surface area contributed by atoms with Crippen LogP contribution in [0.5, 0.6) is 0 Å². The first kappa shape index (κ1) is 6.23. The van der Waals surface area contributed by atoms with Gasteiger partial charge in [-0.3, -0.25) is 0 Å². The maximum atomic E-state index is 8.31. The summed E-state index contributed by atoms with van der Waals surface area (Å²) in [5.41, 5.74) is 0.782. The van der Waals surface area contributed by atoms with Gasteiger partial charge in [-0.2, -0.15) is 5.26 Å². The largest absolute Gasteiger partial charge is 0.243 e. The van der Waals surface area contributed by atoms with E-state index < -0.39 is 0 Å². The summed E-state index contributed by atoms with van der Waals surface area (Å²) < 4.78 is 4.27. The normalized spacial score (nSPS) is 8.89. The van der Waals surface area contributed by atoms with E-state index in [1.54, 1.807) is 0 Å². The predicted molar refractivity (Wildman–Crippen MR) is 31.6 cm³/mol. The Labute approximate surface area is 59.6 Å². The molecule has 0 amide bonds. The monoisotopic (exact) mass is 187 g/mol. The zero-order valence-electron chi connectivity index (χ0n) is 4.33. The Balaban J connectivity index is 3.02. The van der Waals surface area contributed by atoms with E-state index in [1.807, 2.05) is 6.07 Å². The lowest BCUT2D eigenvalue weighted by atomic mass is 10.4. The van der Waals surface area contributed by atoms with Crippen molar-refractivity contribution in [2.45, 2.75) is 5.33 Å².